The SMILES string of the molecule is Cc1nccc(CNCC2CC2)n1. The van der Waals surface area contributed by atoms with Gasteiger partial charge < -0.3 is 5.32 Å². The van der Waals surface area contributed by atoms with Gasteiger partial charge in [-0.2, -0.15) is 0 Å². The van der Waals surface area contributed by atoms with Gasteiger partial charge in [-0.25, -0.2) is 9.97 Å². The Morgan fingerprint density at radius 2 is 2.38 bits per heavy atom. The fourth-order valence-electron chi connectivity index (χ4n) is 1.33. The summed E-state index contributed by atoms with van der Waals surface area (Å²) >= 11 is 0. The number of hydrogen-bond acceptors (Lipinski definition) is 3. The molecule has 3 nitrogen and oxygen atoms in total. The lowest BCUT2D eigenvalue weighted by atomic mass is 10.3. The van der Waals surface area contributed by atoms with Gasteiger partial charge in [0.2, 0.25) is 0 Å². The summed E-state index contributed by atoms with van der Waals surface area (Å²) in [5, 5.41) is 3.40. The van der Waals surface area contributed by atoms with E-state index in [0.717, 1.165) is 30.5 Å². The molecule has 1 aromatic heterocycles. The lowest BCUT2D eigenvalue weighted by Crippen LogP contribution is -2.17. The second-order valence-corrected chi connectivity index (χ2v) is 3.67. The molecule has 13 heavy (non-hydrogen) atoms. The van der Waals surface area contributed by atoms with E-state index in [9.17, 15) is 0 Å². The monoisotopic (exact) mass is 177 g/mol. The van der Waals surface area contributed by atoms with Crippen LogP contribution in [0.15, 0.2) is 12.3 Å². The maximum atomic E-state index is 4.32. The smallest absolute Gasteiger partial charge is 0.125 e. The van der Waals surface area contributed by atoms with Crippen LogP contribution in [-0.2, 0) is 6.54 Å². The van der Waals surface area contributed by atoms with Gasteiger partial charge in [-0.15, -0.1) is 0 Å². The van der Waals surface area contributed by atoms with E-state index >= 15 is 0 Å². The first-order valence-electron chi connectivity index (χ1n) is 4.84. The Balaban J connectivity index is 1.79. The molecule has 1 heterocycles. The van der Waals surface area contributed by atoms with Crippen molar-refractivity contribution in [2.75, 3.05) is 6.54 Å². The molecule has 1 aliphatic rings. The Morgan fingerprint density at radius 3 is 3.08 bits per heavy atom. The summed E-state index contributed by atoms with van der Waals surface area (Å²) in [6.45, 7) is 3.94. The van der Waals surface area contributed by atoms with Crippen molar-refractivity contribution in [3.8, 4) is 0 Å². The molecule has 70 valence electrons. The minimum Gasteiger partial charge on any atom is -0.311 e. The van der Waals surface area contributed by atoms with Gasteiger partial charge >= 0.3 is 0 Å². The number of hydrogen-bond donors (Lipinski definition) is 1. The predicted molar refractivity (Wildman–Crippen MR) is 51.2 cm³/mol. The van der Waals surface area contributed by atoms with Crippen LogP contribution in [0.4, 0.5) is 0 Å². The van der Waals surface area contributed by atoms with Crippen molar-refractivity contribution in [2.24, 2.45) is 5.92 Å². The maximum Gasteiger partial charge on any atom is 0.125 e. The molecule has 0 aromatic carbocycles. The highest BCUT2D eigenvalue weighted by Crippen LogP contribution is 2.27. The molecule has 0 bridgehead atoms. The van der Waals surface area contributed by atoms with E-state index < -0.39 is 0 Å². The third-order valence-electron chi connectivity index (χ3n) is 2.27. The number of rotatable bonds is 4. The van der Waals surface area contributed by atoms with Crippen LogP contribution in [0.1, 0.15) is 24.4 Å². The van der Waals surface area contributed by atoms with Crippen LogP contribution in [0, 0.1) is 12.8 Å². The average Bonchev–Trinajstić information content (AvgIpc) is 2.88. The highest BCUT2D eigenvalue weighted by molar-refractivity contribution is 5.01. The molecule has 0 atom stereocenters. The predicted octanol–water partition coefficient (Wildman–Crippen LogP) is 1.28. The number of nitrogens with zero attached hydrogens (tertiary/aromatic N) is 2. The molecule has 1 aliphatic carbocycles. The first-order chi connectivity index (χ1) is 6.34. The molecule has 1 saturated carbocycles. The molecule has 1 aromatic rings. The molecule has 0 radical (unpaired) electrons. The van der Waals surface area contributed by atoms with Gasteiger partial charge in [0, 0.05) is 12.7 Å². The van der Waals surface area contributed by atoms with Crippen LogP contribution in [0.25, 0.3) is 0 Å². The van der Waals surface area contributed by atoms with Crippen molar-refractivity contribution in [2.45, 2.75) is 26.3 Å². The molecule has 0 amide bonds. The van der Waals surface area contributed by atoms with E-state index in [1.54, 1.807) is 0 Å². The molecular weight excluding hydrogens is 162 g/mol. The van der Waals surface area contributed by atoms with E-state index in [-0.39, 0.29) is 0 Å². The molecule has 2 rings (SSSR count). The zero-order chi connectivity index (χ0) is 9.10. The highest BCUT2D eigenvalue weighted by atomic mass is 14.9. The fourth-order valence-corrected chi connectivity index (χ4v) is 1.33. The lowest BCUT2D eigenvalue weighted by Gasteiger charge is -2.02. The second-order valence-electron chi connectivity index (χ2n) is 3.67. The Morgan fingerprint density at radius 1 is 1.54 bits per heavy atom. The molecule has 1 N–H and O–H groups in total. The Labute approximate surface area is 78.6 Å². The van der Waals surface area contributed by atoms with Crippen LogP contribution in [0.3, 0.4) is 0 Å². The largest absolute Gasteiger partial charge is 0.311 e. The van der Waals surface area contributed by atoms with Gasteiger partial charge in [-0.1, -0.05) is 0 Å². The standard InChI is InChI=1S/C10H15N3/c1-8-12-5-4-10(13-8)7-11-6-9-2-3-9/h4-5,9,11H,2-3,6-7H2,1H3. The van der Waals surface area contributed by atoms with Crippen LogP contribution in [-0.4, -0.2) is 16.5 Å². The van der Waals surface area contributed by atoms with Gasteiger partial charge in [-0.05, 0) is 38.3 Å². The number of aromatic nitrogens is 2. The average molecular weight is 177 g/mol. The third kappa shape index (κ3) is 2.77. The minimum atomic E-state index is 0.853. The molecule has 1 fully saturated rings. The van der Waals surface area contributed by atoms with Crippen molar-refractivity contribution in [1.29, 1.82) is 0 Å². The summed E-state index contributed by atoms with van der Waals surface area (Å²) in [7, 11) is 0. The van der Waals surface area contributed by atoms with Gasteiger partial charge in [0.25, 0.3) is 0 Å². The summed E-state index contributed by atoms with van der Waals surface area (Å²) in [4.78, 5) is 8.37. The van der Waals surface area contributed by atoms with Gasteiger partial charge in [0.05, 0.1) is 5.69 Å². The highest BCUT2D eigenvalue weighted by Gasteiger charge is 2.20. The van der Waals surface area contributed by atoms with Crippen molar-refractivity contribution in [1.82, 2.24) is 15.3 Å². The summed E-state index contributed by atoms with van der Waals surface area (Å²) in [6, 6.07) is 1.97. The van der Waals surface area contributed by atoms with E-state index in [1.807, 2.05) is 19.2 Å². The maximum absolute atomic E-state index is 4.32. The molecule has 0 aliphatic heterocycles. The van der Waals surface area contributed by atoms with Crippen molar-refractivity contribution >= 4 is 0 Å². The Hall–Kier alpha value is -0.960. The molecule has 0 unspecified atom stereocenters. The zero-order valence-corrected chi connectivity index (χ0v) is 7.95. The topological polar surface area (TPSA) is 37.8 Å². The van der Waals surface area contributed by atoms with Gasteiger partial charge in [-0.3, -0.25) is 0 Å². The molecule has 0 spiro atoms. The van der Waals surface area contributed by atoms with Crippen LogP contribution in [0.2, 0.25) is 0 Å². The summed E-state index contributed by atoms with van der Waals surface area (Å²) < 4.78 is 0. The molecular formula is C10H15N3. The number of aryl methyl sites for hydroxylation is 1. The first-order valence-corrected chi connectivity index (χ1v) is 4.84. The Kier molecular flexibility index (Phi) is 2.54. The summed E-state index contributed by atoms with van der Waals surface area (Å²) in [5.41, 5.74) is 1.09. The van der Waals surface area contributed by atoms with E-state index in [0.29, 0.717) is 0 Å². The van der Waals surface area contributed by atoms with E-state index in [2.05, 4.69) is 15.3 Å². The second kappa shape index (κ2) is 3.83. The van der Waals surface area contributed by atoms with Crippen molar-refractivity contribution < 1.29 is 0 Å². The molecule has 3 heteroatoms. The first kappa shape index (κ1) is 8.63. The third-order valence-corrected chi connectivity index (χ3v) is 2.27. The minimum absolute atomic E-state index is 0.853. The quantitative estimate of drug-likeness (QED) is 0.753. The lowest BCUT2D eigenvalue weighted by molar-refractivity contribution is 0.627. The number of nitrogens with one attached hydrogen (secondary N) is 1. The van der Waals surface area contributed by atoms with Crippen molar-refractivity contribution in [3.05, 3.63) is 23.8 Å². The van der Waals surface area contributed by atoms with Gasteiger partial charge in [0.15, 0.2) is 0 Å². The van der Waals surface area contributed by atoms with Crippen LogP contribution >= 0.6 is 0 Å². The van der Waals surface area contributed by atoms with E-state index in [4.69, 9.17) is 0 Å². The van der Waals surface area contributed by atoms with Crippen LogP contribution < -0.4 is 5.32 Å². The van der Waals surface area contributed by atoms with Gasteiger partial charge in [0.1, 0.15) is 5.82 Å². The normalized spacial score (nSPS) is 16.1. The summed E-state index contributed by atoms with van der Waals surface area (Å²) in [5.74, 6) is 1.79. The van der Waals surface area contributed by atoms with Crippen molar-refractivity contribution in [3.63, 3.8) is 0 Å². The fraction of sp³-hybridized carbons (Fsp3) is 0.600. The van der Waals surface area contributed by atoms with E-state index in [1.165, 1.54) is 12.8 Å². The molecule has 0 saturated heterocycles. The summed E-state index contributed by atoms with van der Waals surface area (Å²) in [6.07, 6.45) is 4.61. The van der Waals surface area contributed by atoms with Crippen LogP contribution in [0.5, 0.6) is 0 Å². The Bertz CT molecular complexity index is 281. The zero-order valence-electron chi connectivity index (χ0n) is 7.95.